The van der Waals surface area contributed by atoms with E-state index in [1.165, 1.54) is 18.2 Å². The summed E-state index contributed by atoms with van der Waals surface area (Å²) in [6.07, 6.45) is 1.71. The minimum atomic E-state index is -0.975. The number of rotatable bonds is 5. The first kappa shape index (κ1) is 19.1. The molecular formula is C22H19N5O3. The number of carbonyl (C=O) groups is 1. The van der Waals surface area contributed by atoms with Crippen LogP contribution in [0.2, 0.25) is 0 Å². The second-order valence-electron chi connectivity index (χ2n) is 6.81. The smallest absolute Gasteiger partial charge is 0.335 e. The van der Waals surface area contributed by atoms with Crippen molar-refractivity contribution in [2.45, 2.75) is 13.8 Å². The van der Waals surface area contributed by atoms with Crippen LogP contribution in [0.4, 0.5) is 5.69 Å². The van der Waals surface area contributed by atoms with Crippen LogP contribution < -0.4 is 11.0 Å². The summed E-state index contributed by atoms with van der Waals surface area (Å²) in [7, 11) is 0. The number of nitrogens with one attached hydrogen (secondary N) is 2. The molecule has 30 heavy (non-hydrogen) atoms. The maximum atomic E-state index is 12.1. The second-order valence-corrected chi connectivity index (χ2v) is 6.81. The number of pyridine rings is 1. The molecule has 150 valence electrons. The van der Waals surface area contributed by atoms with Gasteiger partial charge in [-0.15, -0.1) is 0 Å². The Hall–Kier alpha value is -4.20. The van der Waals surface area contributed by atoms with E-state index in [9.17, 15) is 9.59 Å². The lowest BCUT2D eigenvalue weighted by atomic mass is 10.1. The van der Waals surface area contributed by atoms with E-state index in [-0.39, 0.29) is 11.1 Å². The van der Waals surface area contributed by atoms with E-state index < -0.39 is 5.97 Å². The highest BCUT2D eigenvalue weighted by atomic mass is 16.4. The van der Waals surface area contributed by atoms with E-state index in [4.69, 9.17) is 5.11 Å². The Bertz CT molecular complexity index is 1330. The first-order valence-corrected chi connectivity index (χ1v) is 9.25. The van der Waals surface area contributed by atoms with Crippen molar-refractivity contribution in [1.82, 2.24) is 14.8 Å². The van der Waals surface area contributed by atoms with Crippen molar-refractivity contribution in [2.75, 3.05) is 5.43 Å². The lowest BCUT2D eigenvalue weighted by Gasteiger charge is -2.09. The SMILES string of the molecule is C/C(=N\Nc1ccc(C(=O)O)cc1)c1cnn(-c2cc(=O)[nH]c3ccccc23)c1C. The summed E-state index contributed by atoms with van der Waals surface area (Å²) in [6, 6.07) is 15.4. The van der Waals surface area contributed by atoms with Gasteiger partial charge in [0.1, 0.15) is 0 Å². The van der Waals surface area contributed by atoms with E-state index in [0.717, 1.165) is 22.2 Å². The minimum Gasteiger partial charge on any atom is -0.478 e. The van der Waals surface area contributed by atoms with Crippen molar-refractivity contribution < 1.29 is 9.90 Å². The molecule has 0 saturated carbocycles. The third-order valence-corrected chi connectivity index (χ3v) is 4.84. The molecule has 0 bridgehead atoms. The van der Waals surface area contributed by atoms with Crippen molar-refractivity contribution >= 4 is 28.3 Å². The molecule has 0 aliphatic carbocycles. The standard InChI is InChI=1S/C22H19N5O3/c1-13(25-26-16-9-7-15(8-10-16)22(29)30)18-12-23-27(14(18)2)20-11-21(28)24-19-6-4-3-5-17(19)20/h3-12,26H,1-2H3,(H,24,28)(H,29,30)/b25-13+. The monoisotopic (exact) mass is 401 g/mol. The molecule has 4 rings (SSSR count). The number of nitrogens with zero attached hydrogens (tertiary/aromatic N) is 3. The quantitative estimate of drug-likeness (QED) is 0.350. The van der Waals surface area contributed by atoms with Crippen LogP contribution in [-0.2, 0) is 0 Å². The lowest BCUT2D eigenvalue weighted by Crippen LogP contribution is -2.10. The van der Waals surface area contributed by atoms with E-state index in [1.807, 2.05) is 38.1 Å². The Morgan fingerprint density at radius 2 is 1.90 bits per heavy atom. The summed E-state index contributed by atoms with van der Waals surface area (Å²) in [5.41, 5.74) is 7.43. The molecule has 0 spiro atoms. The summed E-state index contributed by atoms with van der Waals surface area (Å²) < 4.78 is 1.73. The van der Waals surface area contributed by atoms with Crippen molar-refractivity contribution in [2.24, 2.45) is 5.10 Å². The average Bonchev–Trinajstić information content (AvgIpc) is 3.13. The predicted molar refractivity (Wildman–Crippen MR) is 116 cm³/mol. The van der Waals surface area contributed by atoms with Crippen LogP contribution in [0.3, 0.4) is 0 Å². The summed E-state index contributed by atoms with van der Waals surface area (Å²) in [4.78, 5) is 25.9. The van der Waals surface area contributed by atoms with Gasteiger partial charge in [-0.2, -0.15) is 10.2 Å². The second kappa shape index (κ2) is 7.67. The van der Waals surface area contributed by atoms with Crippen molar-refractivity contribution in [3.63, 3.8) is 0 Å². The van der Waals surface area contributed by atoms with E-state index in [2.05, 4.69) is 20.6 Å². The predicted octanol–water partition coefficient (Wildman–Crippen LogP) is 3.56. The number of aromatic nitrogens is 3. The fourth-order valence-corrected chi connectivity index (χ4v) is 3.27. The maximum absolute atomic E-state index is 12.1. The number of H-pyrrole nitrogens is 1. The van der Waals surface area contributed by atoms with Crippen LogP contribution in [0.25, 0.3) is 16.6 Å². The van der Waals surface area contributed by atoms with Gasteiger partial charge in [0, 0.05) is 17.0 Å². The van der Waals surface area contributed by atoms with Crippen molar-refractivity contribution in [1.29, 1.82) is 0 Å². The number of anilines is 1. The van der Waals surface area contributed by atoms with Gasteiger partial charge < -0.3 is 10.1 Å². The third-order valence-electron chi connectivity index (χ3n) is 4.84. The molecule has 0 fully saturated rings. The zero-order valence-electron chi connectivity index (χ0n) is 16.4. The Balaban J connectivity index is 1.66. The summed E-state index contributed by atoms with van der Waals surface area (Å²) in [5.74, 6) is -0.975. The van der Waals surface area contributed by atoms with Crippen LogP contribution in [0, 0.1) is 6.92 Å². The normalized spacial score (nSPS) is 11.6. The van der Waals surface area contributed by atoms with Gasteiger partial charge in [-0.25, -0.2) is 9.48 Å². The molecule has 0 atom stereocenters. The summed E-state index contributed by atoms with van der Waals surface area (Å²) >= 11 is 0. The highest BCUT2D eigenvalue weighted by Gasteiger charge is 2.14. The molecule has 0 aliphatic rings. The van der Waals surface area contributed by atoms with Gasteiger partial charge in [-0.1, -0.05) is 18.2 Å². The summed E-state index contributed by atoms with van der Waals surface area (Å²) in [6.45, 7) is 3.77. The number of fused-ring (bicyclic) bond motifs is 1. The lowest BCUT2D eigenvalue weighted by molar-refractivity contribution is 0.0697. The van der Waals surface area contributed by atoms with Gasteiger partial charge in [0.25, 0.3) is 5.56 Å². The zero-order chi connectivity index (χ0) is 21.3. The molecule has 8 nitrogen and oxygen atoms in total. The number of hydrogen-bond acceptors (Lipinski definition) is 5. The molecule has 2 aromatic carbocycles. The van der Waals surface area contributed by atoms with E-state index in [1.54, 1.807) is 23.0 Å². The Morgan fingerprint density at radius 3 is 2.63 bits per heavy atom. The van der Waals surface area contributed by atoms with Crippen molar-refractivity contribution in [3.8, 4) is 5.69 Å². The van der Waals surface area contributed by atoms with Gasteiger partial charge in [0.15, 0.2) is 0 Å². The number of aromatic carboxylic acids is 1. The fraction of sp³-hybridized carbons (Fsp3) is 0.0909. The van der Waals surface area contributed by atoms with Crippen LogP contribution in [0.5, 0.6) is 0 Å². The molecule has 2 aromatic heterocycles. The number of carboxylic acid groups (broad SMARTS) is 1. The molecule has 2 heterocycles. The summed E-state index contributed by atoms with van der Waals surface area (Å²) in [5, 5.41) is 18.7. The fourth-order valence-electron chi connectivity index (χ4n) is 3.27. The number of hydrazone groups is 1. The first-order chi connectivity index (χ1) is 14.4. The number of hydrogen-bond donors (Lipinski definition) is 3. The first-order valence-electron chi connectivity index (χ1n) is 9.25. The maximum Gasteiger partial charge on any atom is 0.335 e. The van der Waals surface area contributed by atoms with Crippen LogP contribution in [-0.4, -0.2) is 31.6 Å². The highest BCUT2D eigenvalue weighted by molar-refractivity contribution is 6.00. The Morgan fingerprint density at radius 1 is 1.17 bits per heavy atom. The molecule has 0 aliphatic heterocycles. The average molecular weight is 401 g/mol. The Kier molecular flexibility index (Phi) is 4.89. The van der Waals surface area contributed by atoms with Crippen LogP contribution in [0.1, 0.15) is 28.5 Å². The molecule has 0 radical (unpaired) electrons. The molecule has 0 saturated heterocycles. The van der Waals surface area contributed by atoms with Gasteiger partial charge >= 0.3 is 5.97 Å². The number of aromatic amines is 1. The number of carboxylic acids is 1. The number of para-hydroxylation sites is 1. The molecule has 3 N–H and O–H groups in total. The van der Waals surface area contributed by atoms with Gasteiger partial charge in [-0.3, -0.25) is 10.2 Å². The van der Waals surface area contributed by atoms with Crippen LogP contribution in [0.15, 0.2) is 70.7 Å². The van der Waals surface area contributed by atoms with Crippen molar-refractivity contribution in [3.05, 3.63) is 88.0 Å². The topological polar surface area (TPSA) is 112 Å². The molecule has 0 unspecified atom stereocenters. The van der Waals surface area contributed by atoms with Crippen LogP contribution >= 0.6 is 0 Å². The van der Waals surface area contributed by atoms with Gasteiger partial charge in [0.2, 0.25) is 0 Å². The zero-order valence-corrected chi connectivity index (χ0v) is 16.4. The molecular weight excluding hydrogens is 382 g/mol. The van der Waals surface area contributed by atoms with Gasteiger partial charge in [-0.05, 0) is 44.2 Å². The van der Waals surface area contributed by atoms with E-state index in [0.29, 0.717) is 17.1 Å². The largest absolute Gasteiger partial charge is 0.478 e. The van der Waals surface area contributed by atoms with Gasteiger partial charge in [0.05, 0.1) is 40.1 Å². The highest BCUT2D eigenvalue weighted by Crippen LogP contribution is 2.21. The third kappa shape index (κ3) is 3.58. The molecule has 8 heteroatoms. The molecule has 0 amide bonds. The van der Waals surface area contributed by atoms with E-state index >= 15 is 0 Å². The minimum absolute atomic E-state index is 0.197. The Labute approximate surface area is 171 Å². The molecule has 4 aromatic rings. The number of benzene rings is 2.